The molecule has 0 fully saturated rings. The lowest BCUT2D eigenvalue weighted by molar-refractivity contribution is -0.121. The number of carbonyl (C=O) groups is 2. The lowest BCUT2D eigenvalue weighted by Crippen LogP contribution is -2.31. The SMILES string of the molecule is CC(C)NC(=O)CCS(=O)(=O)c1ccc(C(=O)O)cc1. The second-order valence-electron chi connectivity index (χ2n) is 4.62. The summed E-state index contributed by atoms with van der Waals surface area (Å²) in [7, 11) is -3.59. The van der Waals surface area contributed by atoms with Gasteiger partial charge in [-0.15, -0.1) is 0 Å². The molecular weight excluding hydrogens is 282 g/mol. The molecule has 0 saturated carbocycles. The molecule has 0 saturated heterocycles. The lowest BCUT2D eigenvalue weighted by atomic mass is 10.2. The average molecular weight is 299 g/mol. The van der Waals surface area contributed by atoms with E-state index in [0.717, 1.165) is 0 Å². The van der Waals surface area contributed by atoms with E-state index in [1.165, 1.54) is 24.3 Å². The Morgan fingerprint density at radius 1 is 1.20 bits per heavy atom. The largest absolute Gasteiger partial charge is 0.478 e. The Morgan fingerprint density at radius 3 is 2.20 bits per heavy atom. The summed E-state index contributed by atoms with van der Waals surface area (Å²) < 4.78 is 24.0. The zero-order valence-corrected chi connectivity index (χ0v) is 12.1. The summed E-state index contributed by atoms with van der Waals surface area (Å²) in [5.74, 6) is -1.76. The molecule has 7 heteroatoms. The van der Waals surface area contributed by atoms with Crippen LogP contribution >= 0.6 is 0 Å². The summed E-state index contributed by atoms with van der Waals surface area (Å²) in [6.07, 6.45) is -0.124. The topological polar surface area (TPSA) is 101 Å². The molecule has 1 rings (SSSR count). The second-order valence-corrected chi connectivity index (χ2v) is 6.73. The standard InChI is InChI=1S/C13H17NO5S/c1-9(2)14-12(15)7-8-20(18,19)11-5-3-10(4-6-11)13(16)17/h3-6,9H,7-8H2,1-2H3,(H,14,15)(H,16,17). The highest BCUT2D eigenvalue weighted by molar-refractivity contribution is 7.91. The van der Waals surface area contributed by atoms with E-state index in [-0.39, 0.29) is 34.6 Å². The number of sulfone groups is 1. The van der Waals surface area contributed by atoms with E-state index in [4.69, 9.17) is 5.11 Å². The summed E-state index contributed by atoms with van der Waals surface area (Å²) in [5, 5.41) is 11.3. The first-order valence-corrected chi connectivity index (χ1v) is 7.73. The molecular formula is C13H17NO5S. The predicted octanol–water partition coefficient (Wildman–Crippen LogP) is 1.07. The molecule has 2 N–H and O–H groups in total. The number of nitrogens with one attached hydrogen (secondary N) is 1. The fourth-order valence-electron chi connectivity index (χ4n) is 1.54. The van der Waals surface area contributed by atoms with Gasteiger partial charge in [-0.3, -0.25) is 4.79 Å². The number of aromatic carboxylic acids is 1. The number of rotatable bonds is 6. The van der Waals surface area contributed by atoms with Crippen LogP contribution in [0.5, 0.6) is 0 Å². The smallest absolute Gasteiger partial charge is 0.335 e. The van der Waals surface area contributed by atoms with Crippen molar-refractivity contribution in [2.24, 2.45) is 0 Å². The number of amides is 1. The molecule has 0 aromatic heterocycles. The number of carboxylic acid groups (broad SMARTS) is 1. The molecule has 0 bridgehead atoms. The summed E-state index contributed by atoms with van der Waals surface area (Å²) in [5.41, 5.74) is 0.0153. The van der Waals surface area contributed by atoms with Gasteiger partial charge in [-0.2, -0.15) is 0 Å². The third-order valence-electron chi connectivity index (χ3n) is 2.51. The molecule has 0 heterocycles. The molecule has 0 atom stereocenters. The third-order valence-corrected chi connectivity index (χ3v) is 4.24. The van der Waals surface area contributed by atoms with Gasteiger partial charge in [0.05, 0.1) is 16.2 Å². The summed E-state index contributed by atoms with van der Waals surface area (Å²) in [4.78, 5) is 22.1. The molecule has 0 spiro atoms. The molecule has 0 radical (unpaired) electrons. The Kier molecular flexibility index (Phi) is 5.26. The first kappa shape index (κ1) is 16.2. The monoisotopic (exact) mass is 299 g/mol. The fourth-order valence-corrected chi connectivity index (χ4v) is 2.78. The summed E-state index contributed by atoms with van der Waals surface area (Å²) in [6, 6.07) is 4.88. The van der Waals surface area contributed by atoms with Gasteiger partial charge in [0.25, 0.3) is 0 Å². The van der Waals surface area contributed by atoms with Crippen LogP contribution in [0.25, 0.3) is 0 Å². The van der Waals surface area contributed by atoms with E-state index in [1.54, 1.807) is 13.8 Å². The van der Waals surface area contributed by atoms with E-state index in [0.29, 0.717) is 0 Å². The Labute approximate surface area is 117 Å². The molecule has 1 aromatic rings. The van der Waals surface area contributed by atoms with Crippen molar-refractivity contribution in [3.05, 3.63) is 29.8 Å². The maximum atomic E-state index is 12.0. The minimum atomic E-state index is -3.59. The molecule has 20 heavy (non-hydrogen) atoms. The molecule has 1 amide bonds. The average Bonchev–Trinajstić information content (AvgIpc) is 2.36. The van der Waals surface area contributed by atoms with Gasteiger partial charge in [0.1, 0.15) is 0 Å². The maximum Gasteiger partial charge on any atom is 0.335 e. The van der Waals surface area contributed by atoms with E-state index >= 15 is 0 Å². The molecule has 6 nitrogen and oxygen atoms in total. The fraction of sp³-hybridized carbons (Fsp3) is 0.385. The van der Waals surface area contributed by atoms with Gasteiger partial charge in [-0.1, -0.05) is 0 Å². The second kappa shape index (κ2) is 6.51. The first-order valence-electron chi connectivity index (χ1n) is 6.08. The number of hydrogen-bond donors (Lipinski definition) is 2. The number of carbonyl (C=O) groups excluding carboxylic acids is 1. The van der Waals surface area contributed by atoms with Crippen LogP contribution in [0.15, 0.2) is 29.2 Å². The van der Waals surface area contributed by atoms with Crippen molar-refractivity contribution in [3.8, 4) is 0 Å². The zero-order valence-electron chi connectivity index (χ0n) is 11.3. The quantitative estimate of drug-likeness (QED) is 0.818. The van der Waals surface area contributed by atoms with Gasteiger partial charge in [-0.25, -0.2) is 13.2 Å². The third kappa shape index (κ3) is 4.65. The molecule has 1 aromatic carbocycles. The highest BCUT2D eigenvalue weighted by Crippen LogP contribution is 2.13. The minimum Gasteiger partial charge on any atom is -0.478 e. The number of benzene rings is 1. The van der Waals surface area contributed by atoms with Crippen molar-refractivity contribution in [2.75, 3.05) is 5.75 Å². The van der Waals surface area contributed by atoms with E-state index in [9.17, 15) is 18.0 Å². The highest BCUT2D eigenvalue weighted by atomic mass is 32.2. The van der Waals surface area contributed by atoms with Gasteiger partial charge in [-0.05, 0) is 38.1 Å². The molecule has 110 valence electrons. The Balaban J connectivity index is 2.74. The van der Waals surface area contributed by atoms with Crippen molar-refractivity contribution in [3.63, 3.8) is 0 Å². The molecule has 0 unspecified atom stereocenters. The Bertz CT molecular complexity index is 590. The van der Waals surface area contributed by atoms with Gasteiger partial charge >= 0.3 is 5.97 Å². The normalized spacial score (nSPS) is 11.3. The number of carboxylic acids is 1. The predicted molar refractivity (Wildman–Crippen MR) is 73.3 cm³/mol. The van der Waals surface area contributed by atoms with Crippen LogP contribution in [0.1, 0.15) is 30.6 Å². The van der Waals surface area contributed by atoms with Gasteiger partial charge in [0.2, 0.25) is 5.91 Å². The van der Waals surface area contributed by atoms with Crippen LogP contribution < -0.4 is 5.32 Å². The summed E-state index contributed by atoms with van der Waals surface area (Å²) >= 11 is 0. The Hall–Kier alpha value is -1.89. The molecule has 0 aliphatic carbocycles. The minimum absolute atomic E-state index is 0.0137. The van der Waals surface area contributed by atoms with Crippen molar-refractivity contribution in [1.82, 2.24) is 5.32 Å². The van der Waals surface area contributed by atoms with Crippen LogP contribution in [0.2, 0.25) is 0 Å². The Morgan fingerprint density at radius 2 is 1.75 bits per heavy atom. The van der Waals surface area contributed by atoms with Crippen molar-refractivity contribution in [1.29, 1.82) is 0 Å². The van der Waals surface area contributed by atoms with Crippen LogP contribution in [0.4, 0.5) is 0 Å². The molecule has 0 aliphatic heterocycles. The van der Waals surface area contributed by atoms with Crippen LogP contribution in [0.3, 0.4) is 0 Å². The van der Waals surface area contributed by atoms with Gasteiger partial charge in [0.15, 0.2) is 9.84 Å². The first-order chi connectivity index (χ1) is 9.22. The van der Waals surface area contributed by atoms with Crippen LogP contribution in [0, 0.1) is 0 Å². The maximum absolute atomic E-state index is 12.0. The van der Waals surface area contributed by atoms with Crippen molar-refractivity contribution < 1.29 is 23.1 Å². The zero-order chi connectivity index (χ0) is 15.3. The van der Waals surface area contributed by atoms with E-state index in [1.807, 2.05) is 0 Å². The van der Waals surface area contributed by atoms with Gasteiger partial charge in [0, 0.05) is 12.5 Å². The van der Waals surface area contributed by atoms with E-state index < -0.39 is 15.8 Å². The van der Waals surface area contributed by atoms with Gasteiger partial charge < -0.3 is 10.4 Å². The van der Waals surface area contributed by atoms with Crippen LogP contribution in [-0.4, -0.2) is 37.2 Å². The van der Waals surface area contributed by atoms with Crippen molar-refractivity contribution in [2.45, 2.75) is 31.2 Å². The lowest BCUT2D eigenvalue weighted by Gasteiger charge is -2.08. The summed E-state index contributed by atoms with van der Waals surface area (Å²) in [6.45, 7) is 3.58. The number of hydrogen-bond acceptors (Lipinski definition) is 4. The highest BCUT2D eigenvalue weighted by Gasteiger charge is 2.17. The van der Waals surface area contributed by atoms with Crippen LogP contribution in [-0.2, 0) is 14.6 Å². The van der Waals surface area contributed by atoms with E-state index in [2.05, 4.69) is 5.32 Å². The van der Waals surface area contributed by atoms with Crippen molar-refractivity contribution >= 4 is 21.7 Å². The molecule has 0 aliphatic rings.